The Hall–Kier alpha value is -2.41. The molecule has 2 heterocycles. The van der Waals surface area contributed by atoms with E-state index >= 15 is 0 Å². The monoisotopic (exact) mass is 524 g/mol. The van der Waals surface area contributed by atoms with Gasteiger partial charge in [-0.15, -0.1) is 0 Å². The number of benzene rings is 2. The number of rotatable bonds is 10. The number of amides is 2. The number of hydrogen-bond acceptors (Lipinski definition) is 4. The largest absolute Gasteiger partial charge is 0.350 e. The molecule has 0 aromatic heterocycles. The standard InChI is InChI=1S/C30H41ClN4O2/c1-2-23(24-9-5-3-6-10-24)22-35-20-15-27(21-32-29(36)25-11-13-26(31)14-12-25)33-28(30(35)37)16-19-34-17-7-4-8-18-34/h3,5-6,9-14,23,27-28,33H,2,4,7-8,15-22H2,1H3,(H,32,36)/t23-,27-,28-/m0/s1. The molecule has 0 saturated carbocycles. The SMILES string of the molecule is CC[C@@H](CN1CC[C@@H](CNC(=O)c2ccc(Cl)cc2)N[C@@H](CCN2CCCCC2)C1=O)c1ccccc1. The van der Waals surface area contributed by atoms with E-state index in [9.17, 15) is 9.59 Å². The first-order valence-corrected chi connectivity index (χ1v) is 14.3. The second-order valence-corrected chi connectivity index (χ2v) is 10.8. The van der Waals surface area contributed by atoms with Gasteiger partial charge in [-0.05, 0) is 75.0 Å². The van der Waals surface area contributed by atoms with Crippen LogP contribution in [0, 0.1) is 0 Å². The Morgan fingerprint density at radius 1 is 1.05 bits per heavy atom. The maximum atomic E-state index is 13.8. The lowest BCUT2D eigenvalue weighted by atomic mass is 9.95. The van der Waals surface area contributed by atoms with Crippen LogP contribution >= 0.6 is 11.6 Å². The second-order valence-electron chi connectivity index (χ2n) is 10.4. The summed E-state index contributed by atoms with van der Waals surface area (Å²) in [6, 6.07) is 17.2. The lowest BCUT2D eigenvalue weighted by Crippen LogP contribution is -2.50. The molecule has 2 aliphatic heterocycles. The Bertz CT molecular complexity index is 994. The van der Waals surface area contributed by atoms with Crippen LogP contribution in [0.5, 0.6) is 0 Å². The fourth-order valence-electron chi connectivity index (χ4n) is 5.51. The predicted octanol–water partition coefficient (Wildman–Crippen LogP) is 4.70. The van der Waals surface area contributed by atoms with E-state index in [1.54, 1.807) is 24.3 Å². The van der Waals surface area contributed by atoms with Crippen molar-refractivity contribution in [1.29, 1.82) is 0 Å². The summed E-state index contributed by atoms with van der Waals surface area (Å²) in [6.07, 6.45) is 6.37. The Morgan fingerprint density at radius 2 is 1.78 bits per heavy atom. The Morgan fingerprint density at radius 3 is 2.49 bits per heavy atom. The van der Waals surface area contributed by atoms with Crippen LogP contribution in [-0.4, -0.2) is 73.0 Å². The van der Waals surface area contributed by atoms with Crippen molar-refractivity contribution < 1.29 is 9.59 Å². The smallest absolute Gasteiger partial charge is 0.251 e. The van der Waals surface area contributed by atoms with Crippen LogP contribution in [0.15, 0.2) is 54.6 Å². The zero-order valence-corrected chi connectivity index (χ0v) is 22.8. The van der Waals surface area contributed by atoms with E-state index in [4.69, 9.17) is 11.6 Å². The molecular weight excluding hydrogens is 484 g/mol. The average Bonchev–Trinajstić information content (AvgIpc) is 3.08. The minimum Gasteiger partial charge on any atom is -0.350 e. The zero-order chi connectivity index (χ0) is 26.0. The van der Waals surface area contributed by atoms with Gasteiger partial charge in [-0.25, -0.2) is 0 Å². The van der Waals surface area contributed by atoms with E-state index in [-0.39, 0.29) is 23.9 Å². The number of nitrogens with zero attached hydrogens (tertiary/aromatic N) is 2. The molecule has 6 nitrogen and oxygen atoms in total. The molecule has 2 amide bonds. The van der Waals surface area contributed by atoms with Crippen molar-refractivity contribution in [3.05, 3.63) is 70.7 Å². The Labute approximate surface area is 226 Å². The molecule has 2 aromatic rings. The van der Waals surface area contributed by atoms with Gasteiger partial charge in [0.25, 0.3) is 5.91 Å². The van der Waals surface area contributed by atoms with Gasteiger partial charge in [-0.2, -0.15) is 0 Å². The van der Waals surface area contributed by atoms with Crippen LogP contribution in [0.3, 0.4) is 0 Å². The normalized spacial score (nSPS) is 21.9. The molecule has 0 unspecified atom stereocenters. The van der Waals surface area contributed by atoms with Gasteiger partial charge >= 0.3 is 0 Å². The van der Waals surface area contributed by atoms with Crippen LogP contribution in [-0.2, 0) is 4.79 Å². The van der Waals surface area contributed by atoms with Crippen LogP contribution in [0.2, 0.25) is 5.02 Å². The lowest BCUT2D eigenvalue weighted by molar-refractivity contribution is -0.133. The number of halogens is 1. The fraction of sp³-hybridized carbons (Fsp3) is 0.533. The summed E-state index contributed by atoms with van der Waals surface area (Å²) < 4.78 is 0. The maximum absolute atomic E-state index is 13.8. The summed E-state index contributed by atoms with van der Waals surface area (Å²) >= 11 is 5.97. The highest BCUT2D eigenvalue weighted by molar-refractivity contribution is 6.30. The molecule has 2 aromatic carbocycles. The second kappa shape index (κ2) is 13.9. The number of likely N-dealkylation sites (tertiary alicyclic amines) is 1. The lowest BCUT2D eigenvalue weighted by Gasteiger charge is -2.31. The molecule has 0 aliphatic carbocycles. The summed E-state index contributed by atoms with van der Waals surface area (Å²) in [7, 11) is 0. The van der Waals surface area contributed by atoms with Gasteiger partial charge in [0.05, 0.1) is 6.04 Å². The Kier molecular flexibility index (Phi) is 10.4. The number of piperidine rings is 1. The molecule has 3 atom stereocenters. The third kappa shape index (κ3) is 8.03. The molecule has 2 saturated heterocycles. The highest BCUT2D eigenvalue weighted by Crippen LogP contribution is 2.23. The zero-order valence-electron chi connectivity index (χ0n) is 22.0. The van der Waals surface area contributed by atoms with Gasteiger partial charge < -0.3 is 20.4 Å². The molecule has 37 heavy (non-hydrogen) atoms. The molecule has 2 aliphatic rings. The van der Waals surface area contributed by atoms with E-state index in [0.717, 1.165) is 45.4 Å². The predicted molar refractivity (Wildman–Crippen MR) is 150 cm³/mol. The third-order valence-corrected chi connectivity index (χ3v) is 8.05. The molecular formula is C30H41ClN4O2. The molecule has 0 bridgehead atoms. The summed E-state index contributed by atoms with van der Waals surface area (Å²) in [5, 5.41) is 7.30. The third-order valence-electron chi connectivity index (χ3n) is 7.80. The molecule has 2 fully saturated rings. The van der Waals surface area contributed by atoms with E-state index in [1.807, 2.05) is 6.07 Å². The topological polar surface area (TPSA) is 64.7 Å². The first-order chi connectivity index (χ1) is 18.0. The van der Waals surface area contributed by atoms with Crippen LogP contribution in [0.1, 0.15) is 67.3 Å². The van der Waals surface area contributed by atoms with E-state index in [2.05, 4.69) is 51.6 Å². The summed E-state index contributed by atoms with van der Waals surface area (Å²) in [4.78, 5) is 31.0. The van der Waals surface area contributed by atoms with Gasteiger partial charge in [0.2, 0.25) is 5.91 Å². The molecule has 2 N–H and O–H groups in total. The summed E-state index contributed by atoms with van der Waals surface area (Å²) in [5.41, 5.74) is 1.87. The van der Waals surface area contributed by atoms with Gasteiger partial charge in [-0.1, -0.05) is 55.3 Å². The number of carbonyl (C=O) groups excluding carboxylic acids is 2. The Balaban J connectivity index is 1.42. The van der Waals surface area contributed by atoms with Crippen LogP contribution in [0.4, 0.5) is 0 Å². The number of hydrogen-bond donors (Lipinski definition) is 2. The highest BCUT2D eigenvalue weighted by atomic mass is 35.5. The van der Waals surface area contributed by atoms with E-state index < -0.39 is 0 Å². The van der Waals surface area contributed by atoms with Crippen LogP contribution in [0.25, 0.3) is 0 Å². The van der Waals surface area contributed by atoms with Crippen molar-refractivity contribution in [2.24, 2.45) is 0 Å². The first-order valence-electron chi connectivity index (χ1n) is 13.9. The van der Waals surface area contributed by atoms with E-state index in [1.165, 1.54) is 24.8 Å². The van der Waals surface area contributed by atoms with E-state index in [0.29, 0.717) is 29.6 Å². The summed E-state index contributed by atoms with van der Waals surface area (Å²) in [5.74, 6) is 0.387. The number of nitrogens with one attached hydrogen (secondary N) is 2. The van der Waals surface area contributed by atoms with Crippen molar-refractivity contribution in [1.82, 2.24) is 20.4 Å². The van der Waals surface area contributed by atoms with Crippen molar-refractivity contribution >= 4 is 23.4 Å². The van der Waals surface area contributed by atoms with Crippen LogP contribution < -0.4 is 10.6 Å². The molecule has 0 radical (unpaired) electrons. The van der Waals surface area contributed by atoms with Gasteiger partial charge in [0, 0.05) is 48.7 Å². The minimum atomic E-state index is -0.241. The van der Waals surface area contributed by atoms with Gasteiger partial charge in [0.1, 0.15) is 0 Å². The first kappa shape index (κ1) is 27.6. The molecule has 7 heteroatoms. The van der Waals surface area contributed by atoms with Crippen molar-refractivity contribution in [3.63, 3.8) is 0 Å². The van der Waals surface area contributed by atoms with Crippen molar-refractivity contribution in [2.75, 3.05) is 39.3 Å². The fourth-order valence-corrected chi connectivity index (χ4v) is 5.63. The quantitative estimate of drug-likeness (QED) is 0.473. The average molecular weight is 525 g/mol. The van der Waals surface area contributed by atoms with Crippen molar-refractivity contribution in [3.8, 4) is 0 Å². The maximum Gasteiger partial charge on any atom is 0.251 e. The highest BCUT2D eigenvalue weighted by Gasteiger charge is 2.32. The summed E-state index contributed by atoms with van der Waals surface area (Å²) in [6.45, 7) is 7.27. The molecule has 200 valence electrons. The minimum absolute atomic E-state index is 0.0355. The van der Waals surface area contributed by atoms with Gasteiger partial charge in [0.15, 0.2) is 0 Å². The molecule has 0 spiro atoms. The molecule has 4 rings (SSSR count). The van der Waals surface area contributed by atoms with Crippen molar-refractivity contribution in [2.45, 2.75) is 63.5 Å². The number of carbonyl (C=O) groups is 2. The van der Waals surface area contributed by atoms with Gasteiger partial charge in [-0.3, -0.25) is 9.59 Å².